The van der Waals surface area contributed by atoms with Gasteiger partial charge in [0.2, 0.25) is 0 Å². The Hall–Kier alpha value is -1.91. The second-order valence-electron chi connectivity index (χ2n) is 2.79. The molecule has 0 radical (unpaired) electrons. The maximum absolute atomic E-state index is 11.2. The Morgan fingerprint density at radius 1 is 1.50 bits per heavy atom. The summed E-state index contributed by atoms with van der Waals surface area (Å²) in [6.45, 7) is 1.87. The highest BCUT2D eigenvalue weighted by molar-refractivity contribution is 5.90. The van der Waals surface area contributed by atoms with Crippen LogP contribution in [0.3, 0.4) is 0 Å². The molecule has 5 heteroatoms. The van der Waals surface area contributed by atoms with Crippen molar-refractivity contribution >= 4 is 11.7 Å². The maximum Gasteiger partial charge on any atom is 0.344 e. The quantitative estimate of drug-likeness (QED) is 0.575. The molecule has 0 bridgehead atoms. The predicted molar refractivity (Wildman–Crippen MR) is 53.9 cm³/mol. The average molecular weight is 193 g/mol. The Balaban J connectivity index is 3.00. The summed E-state index contributed by atoms with van der Waals surface area (Å²) in [6.07, 6.45) is 0. The topological polar surface area (TPSA) is 61.8 Å². The lowest BCUT2D eigenvalue weighted by molar-refractivity contribution is 0.248. The normalized spacial score (nSPS) is 9.29. The molecule has 0 saturated heterocycles. The van der Waals surface area contributed by atoms with E-state index < -0.39 is 6.03 Å². The predicted octanol–water partition coefficient (Wildman–Crippen LogP) is 1.82. The van der Waals surface area contributed by atoms with Crippen LogP contribution in [0, 0.1) is 11.8 Å². The first kappa shape index (κ1) is 10.2. The molecule has 0 spiro atoms. The van der Waals surface area contributed by atoms with Gasteiger partial charge in [0, 0.05) is 7.05 Å². The van der Waals surface area contributed by atoms with Crippen molar-refractivity contribution < 1.29 is 4.79 Å². The van der Waals surface area contributed by atoms with Gasteiger partial charge in [-0.2, -0.15) is 0 Å². The van der Waals surface area contributed by atoms with Gasteiger partial charge in [-0.15, -0.1) is 9.92 Å². The van der Waals surface area contributed by atoms with E-state index in [1.807, 2.05) is 13.0 Å². The van der Waals surface area contributed by atoms with Crippen molar-refractivity contribution in [3.05, 3.63) is 34.7 Å². The Morgan fingerprint density at radius 2 is 2.21 bits per heavy atom. The number of nitroso groups, excluding NO2 is 1. The fourth-order valence-corrected chi connectivity index (χ4v) is 1.07. The van der Waals surface area contributed by atoms with Crippen LogP contribution in [-0.2, 0) is 0 Å². The number of hydrogen-bond acceptors (Lipinski definition) is 3. The first-order chi connectivity index (χ1) is 6.69. The largest absolute Gasteiger partial charge is 0.344 e. The summed E-state index contributed by atoms with van der Waals surface area (Å²) in [4.78, 5) is 21.6. The lowest BCUT2D eigenvalue weighted by Crippen LogP contribution is -2.33. The van der Waals surface area contributed by atoms with E-state index in [4.69, 9.17) is 0 Å². The van der Waals surface area contributed by atoms with E-state index in [0.29, 0.717) is 5.69 Å². The molecule has 0 atom stereocenters. The third-order valence-corrected chi connectivity index (χ3v) is 1.73. The lowest BCUT2D eigenvalue weighted by atomic mass is 10.2. The number of hydrogen-bond donors (Lipinski definition) is 1. The minimum atomic E-state index is -0.550. The molecule has 1 N–H and O–H groups in total. The van der Waals surface area contributed by atoms with Crippen molar-refractivity contribution in [3.63, 3.8) is 0 Å². The summed E-state index contributed by atoms with van der Waals surface area (Å²) >= 11 is 0. The Morgan fingerprint density at radius 3 is 2.71 bits per heavy atom. The Bertz CT molecular complexity index is 352. The molecule has 0 unspecified atom stereocenters. The minimum absolute atomic E-state index is 0.458. The molecule has 1 rings (SSSR count). The number of carbonyl (C=O) groups is 1. The van der Waals surface area contributed by atoms with E-state index in [1.165, 1.54) is 7.05 Å². The second-order valence-corrected chi connectivity index (χ2v) is 2.79. The molecule has 0 aromatic heterocycles. The van der Waals surface area contributed by atoms with Crippen LogP contribution in [0.5, 0.6) is 0 Å². The first-order valence-electron chi connectivity index (χ1n) is 4.11. The minimum Gasteiger partial charge on any atom is -0.339 e. The van der Waals surface area contributed by atoms with Gasteiger partial charge >= 0.3 is 6.03 Å². The van der Waals surface area contributed by atoms with Gasteiger partial charge in [-0.1, -0.05) is 12.1 Å². The van der Waals surface area contributed by atoms with Crippen molar-refractivity contribution in [3.8, 4) is 0 Å². The van der Waals surface area contributed by atoms with Crippen LogP contribution in [0.15, 0.2) is 29.6 Å². The van der Waals surface area contributed by atoms with E-state index in [9.17, 15) is 9.70 Å². The first-order valence-corrected chi connectivity index (χ1v) is 4.11. The van der Waals surface area contributed by atoms with Gasteiger partial charge in [0.15, 0.2) is 0 Å². The standard InChI is InChI=1S/C9H11N3O2/c1-7-4-3-5-8(6-7)12(11-14)9(13)10-2/h3-6H,1-2H3,(H,10,13). The van der Waals surface area contributed by atoms with Gasteiger partial charge in [0.25, 0.3) is 0 Å². The Kier molecular flexibility index (Phi) is 3.17. The number of anilines is 1. The third-order valence-electron chi connectivity index (χ3n) is 1.73. The molecule has 0 heterocycles. The number of rotatable bonds is 2. The number of urea groups is 1. The van der Waals surface area contributed by atoms with Crippen molar-refractivity contribution in [1.29, 1.82) is 0 Å². The zero-order valence-electron chi connectivity index (χ0n) is 8.02. The highest BCUT2D eigenvalue weighted by Gasteiger charge is 2.14. The van der Waals surface area contributed by atoms with Crippen LogP contribution in [-0.4, -0.2) is 13.1 Å². The summed E-state index contributed by atoms with van der Waals surface area (Å²) in [5.41, 5.74) is 1.42. The van der Waals surface area contributed by atoms with E-state index in [-0.39, 0.29) is 0 Å². The van der Waals surface area contributed by atoms with Crippen LogP contribution >= 0.6 is 0 Å². The van der Waals surface area contributed by atoms with Gasteiger partial charge in [-0.05, 0) is 24.6 Å². The highest BCUT2D eigenvalue weighted by Crippen LogP contribution is 2.15. The lowest BCUT2D eigenvalue weighted by Gasteiger charge is -2.12. The third kappa shape index (κ3) is 2.07. The van der Waals surface area contributed by atoms with Gasteiger partial charge in [-0.25, -0.2) is 4.79 Å². The van der Waals surface area contributed by atoms with E-state index >= 15 is 0 Å². The zero-order chi connectivity index (χ0) is 10.6. The number of amides is 2. The van der Waals surface area contributed by atoms with Gasteiger partial charge in [-0.3, -0.25) is 0 Å². The number of aryl methyl sites for hydroxylation is 1. The molecule has 1 aromatic rings. The summed E-state index contributed by atoms with van der Waals surface area (Å²) in [5.74, 6) is 0. The summed E-state index contributed by atoms with van der Waals surface area (Å²) in [6, 6.07) is 6.42. The smallest absolute Gasteiger partial charge is 0.339 e. The van der Waals surface area contributed by atoms with Crippen LogP contribution in [0.4, 0.5) is 10.5 Å². The van der Waals surface area contributed by atoms with Crippen molar-refractivity contribution in [1.82, 2.24) is 5.32 Å². The molecular formula is C9H11N3O2. The van der Waals surface area contributed by atoms with E-state index in [0.717, 1.165) is 10.6 Å². The molecular weight excluding hydrogens is 182 g/mol. The zero-order valence-corrected chi connectivity index (χ0v) is 8.02. The summed E-state index contributed by atoms with van der Waals surface area (Å²) in [5, 5.41) is 5.74. The van der Waals surface area contributed by atoms with Crippen LogP contribution in [0.2, 0.25) is 0 Å². The molecule has 2 amide bonds. The maximum atomic E-state index is 11.2. The average Bonchev–Trinajstić information content (AvgIpc) is 2.19. The molecule has 1 aromatic carbocycles. The number of nitrogens with zero attached hydrogens (tertiary/aromatic N) is 2. The van der Waals surface area contributed by atoms with Gasteiger partial charge in [0.1, 0.15) is 0 Å². The number of nitrogens with one attached hydrogen (secondary N) is 1. The molecule has 5 nitrogen and oxygen atoms in total. The number of carbonyl (C=O) groups excluding carboxylic acids is 1. The molecule has 74 valence electrons. The molecule has 0 aliphatic carbocycles. The van der Waals surface area contributed by atoms with Crippen molar-refractivity contribution in [2.45, 2.75) is 6.92 Å². The molecule has 0 aliphatic heterocycles. The van der Waals surface area contributed by atoms with E-state index in [2.05, 4.69) is 10.6 Å². The molecule has 0 saturated carbocycles. The SMILES string of the molecule is CNC(=O)N(N=O)c1cccc(C)c1. The summed E-state index contributed by atoms with van der Waals surface area (Å²) in [7, 11) is 1.44. The van der Waals surface area contributed by atoms with Crippen molar-refractivity contribution in [2.75, 3.05) is 12.1 Å². The van der Waals surface area contributed by atoms with Crippen LogP contribution in [0.25, 0.3) is 0 Å². The van der Waals surface area contributed by atoms with Crippen LogP contribution in [0.1, 0.15) is 5.56 Å². The molecule has 0 fully saturated rings. The monoisotopic (exact) mass is 193 g/mol. The summed E-state index contributed by atoms with van der Waals surface area (Å²) < 4.78 is 0. The molecule has 14 heavy (non-hydrogen) atoms. The molecule has 0 aliphatic rings. The van der Waals surface area contributed by atoms with Crippen LogP contribution < -0.4 is 10.3 Å². The second kappa shape index (κ2) is 4.36. The number of benzene rings is 1. The van der Waals surface area contributed by atoms with E-state index in [1.54, 1.807) is 18.2 Å². The van der Waals surface area contributed by atoms with Gasteiger partial charge < -0.3 is 5.32 Å². The van der Waals surface area contributed by atoms with Crippen molar-refractivity contribution in [2.24, 2.45) is 5.29 Å². The highest BCUT2D eigenvalue weighted by atomic mass is 16.3. The Labute approximate surface area is 81.7 Å². The van der Waals surface area contributed by atoms with Gasteiger partial charge in [0.05, 0.1) is 11.0 Å². The fraction of sp³-hybridized carbons (Fsp3) is 0.222. The fourth-order valence-electron chi connectivity index (χ4n) is 1.07.